The molecule has 2 aromatic heterocycles. The summed E-state index contributed by atoms with van der Waals surface area (Å²) < 4.78 is 6.71. The van der Waals surface area contributed by atoms with Crippen LogP contribution in [-0.2, 0) is 13.1 Å². The van der Waals surface area contributed by atoms with Gasteiger partial charge in [0.05, 0.1) is 12.2 Å². The van der Waals surface area contributed by atoms with Gasteiger partial charge < -0.3 is 4.52 Å². The van der Waals surface area contributed by atoms with Gasteiger partial charge in [-0.15, -0.1) is 11.3 Å². The highest BCUT2D eigenvalue weighted by atomic mass is 32.1. The molecule has 0 aliphatic carbocycles. The molecule has 23 heavy (non-hydrogen) atoms. The fraction of sp³-hybridized carbons (Fsp3) is 0.389. The second kappa shape index (κ2) is 6.43. The number of thiophene rings is 1. The molecule has 1 fully saturated rings. The molecular formula is C18H21N3OS. The molecule has 5 heteroatoms. The predicted molar refractivity (Wildman–Crippen MR) is 93.6 cm³/mol. The molecule has 120 valence electrons. The summed E-state index contributed by atoms with van der Waals surface area (Å²) >= 11 is 1.85. The molecule has 3 heterocycles. The van der Waals surface area contributed by atoms with Gasteiger partial charge in [0.25, 0.3) is 0 Å². The van der Waals surface area contributed by atoms with Crippen LogP contribution in [0.1, 0.15) is 17.0 Å². The number of rotatable bonds is 4. The van der Waals surface area contributed by atoms with E-state index < -0.39 is 0 Å². The second-order valence-corrected chi connectivity index (χ2v) is 7.16. The summed E-state index contributed by atoms with van der Waals surface area (Å²) in [6.45, 7) is 8.28. The first-order valence-corrected chi connectivity index (χ1v) is 8.98. The number of piperazine rings is 1. The zero-order valence-corrected chi connectivity index (χ0v) is 14.2. The maximum Gasteiger partial charge on any atom is 0.150 e. The molecule has 0 saturated carbocycles. The van der Waals surface area contributed by atoms with Gasteiger partial charge in [0.1, 0.15) is 0 Å². The minimum Gasteiger partial charge on any atom is -0.360 e. The van der Waals surface area contributed by atoms with Crippen molar-refractivity contribution in [1.82, 2.24) is 15.0 Å². The van der Waals surface area contributed by atoms with Gasteiger partial charge in [0.2, 0.25) is 0 Å². The minimum atomic E-state index is 0.871. The maximum atomic E-state index is 5.32. The second-order valence-electron chi connectivity index (χ2n) is 6.24. The lowest BCUT2D eigenvalue weighted by molar-refractivity contribution is 0.114. The highest BCUT2D eigenvalue weighted by molar-refractivity contribution is 7.17. The molecule has 0 amide bonds. The lowest BCUT2D eigenvalue weighted by Gasteiger charge is -2.34. The van der Waals surface area contributed by atoms with Gasteiger partial charge in [-0.25, -0.2) is 0 Å². The zero-order valence-electron chi connectivity index (χ0n) is 13.4. The van der Waals surface area contributed by atoms with Gasteiger partial charge in [-0.05, 0) is 29.3 Å². The molecule has 0 atom stereocenters. The van der Waals surface area contributed by atoms with Crippen molar-refractivity contribution in [2.24, 2.45) is 0 Å². The number of fused-ring (bicyclic) bond motifs is 1. The smallest absolute Gasteiger partial charge is 0.150 e. The van der Waals surface area contributed by atoms with E-state index in [1.807, 2.05) is 24.3 Å². The maximum absolute atomic E-state index is 5.32. The van der Waals surface area contributed by atoms with Crippen LogP contribution < -0.4 is 0 Å². The van der Waals surface area contributed by atoms with E-state index >= 15 is 0 Å². The number of hydrogen-bond donors (Lipinski definition) is 0. The highest BCUT2D eigenvalue weighted by Crippen LogP contribution is 2.27. The van der Waals surface area contributed by atoms with Crippen molar-refractivity contribution < 1.29 is 4.52 Å². The van der Waals surface area contributed by atoms with E-state index in [1.165, 1.54) is 15.6 Å². The van der Waals surface area contributed by atoms with Crippen molar-refractivity contribution in [2.75, 3.05) is 26.2 Å². The summed E-state index contributed by atoms with van der Waals surface area (Å²) in [6, 6.07) is 10.7. The van der Waals surface area contributed by atoms with E-state index in [2.05, 4.69) is 44.6 Å². The van der Waals surface area contributed by atoms with Crippen LogP contribution in [0.15, 0.2) is 40.2 Å². The number of benzene rings is 1. The molecule has 1 saturated heterocycles. The van der Waals surface area contributed by atoms with Crippen molar-refractivity contribution in [3.05, 3.63) is 52.7 Å². The lowest BCUT2D eigenvalue weighted by Crippen LogP contribution is -2.45. The number of aryl methyl sites for hydroxylation is 1. The molecule has 0 unspecified atom stereocenters. The van der Waals surface area contributed by atoms with Gasteiger partial charge >= 0.3 is 0 Å². The van der Waals surface area contributed by atoms with E-state index in [-0.39, 0.29) is 0 Å². The third-order valence-corrected chi connectivity index (χ3v) is 5.49. The highest BCUT2D eigenvalue weighted by Gasteiger charge is 2.19. The van der Waals surface area contributed by atoms with Gasteiger partial charge in [-0.1, -0.05) is 23.4 Å². The molecular weight excluding hydrogens is 306 g/mol. The van der Waals surface area contributed by atoms with Crippen molar-refractivity contribution in [2.45, 2.75) is 20.0 Å². The van der Waals surface area contributed by atoms with Gasteiger partial charge in [-0.2, -0.15) is 0 Å². The first kappa shape index (κ1) is 14.9. The van der Waals surface area contributed by atoms with Crippen LogP contribution in [0.2, 0.25) is 0 Å². The first-order chi connectivity index (χ1) is 11.3. The third-order valence-electron chi connectivity index (χ3n) is 4.48. The Bertz CT molecular complexity index is 786. The van der Waals surface area contributed by atoms with Crippen LogP contribution >= 0.6 is 11.3 Å². The van der Waals surface area contributed by atoms with E-state index in [4.69, 9.17) is 4.52 Å². The Hall–Kier alpha value is -1.69. The average Bonchev–Trinajstić information content (AvgIpc) is 3.16. The van der Waals surface area contributed by atoms with Crippen LogP contribution in [0.3, 0.4) is 0 Å². The van der Waals surface area contributed by atoms with Gasteiger partial charge in [0, 0.05) is 43.5 Å². The normalized spacial score (nSPS) is 17.1. The molecule has 0 spiro atoms. The molecule has 0 bridgehead atoms. The summed E-state index contributed by atoms with van der Waals surface area (Å²) in [4.78, 5) is 5.00. The van der Waals surface area contributed by atoms with E-state index in [0.29, 0.717) is 0 Å². The van der Waals surface area contributed by atoms with Crippen LogP contribution in [0.5, 0.6) is 0 Å². The SMILES string of the molecule is Cc1cc(CN2CCN(Cc3csc4ccccc34)CC2)on1. The van der Waals surface area contributed by atoms with E-state index in [1.54, 1.807) is 0 Å². The summed E-state index contributed by atoms with van der Waals surface area (Å²) in [5.74, 6) is 0.972. The molecule has 1 aliphatic heterocycles. The molecule has 4 nitrogen and oxygen atoms in total. The largest absolute Gasteiger partial charge is 0.360 e. The van der Waals surface area contributed by atoms with Crippen molar-refractivity contribution in [3.8, 4) is 0 Å². The molecule has 1 aromatic carbocycles. The Labute approximate surface area is 140 Å². The van der Waals surface area contributed by atoms with Crippen LogP contribution in [0.4, 0.5) is 0 Å². The van der Waals surface area contributed by atoms with Crippen molar-refractivity contribution >= 4 is 21.4 Å². The lowest BCUT2D eigenvalue weighted by atomic mass is 10.1. The number of aromatic nitrogens is 1. The minimum absolute atomic E-state index is 0.871. The van der Waals surface area contributed by atoms with Crippen molar-refractivity contribution in [1.29, 1.82) is 0 Å². The third kappa shape index (κ3) is 3.32. The average molecular weight is 327 g/mol. The van der Waals surface area contributed by atoms with E-state index in [0.717, 1.165) is 50.7 Å². The number of hydrogen-bond acceptors (Lipinski definition) is 5. The number of nitrogens with zero attached hydrogens (tertiary/aromatic N) is 3. The topological polar surface area (TPSA) is 32.5 Å². The van der Waals surface area contributed by atoms with Gasteiger partial charge in [0.15, 0.2) is 5.76 Å². The Morgan fingerprint density at radius 2 is 1.83 bits per heavy atom. The Morgan fingerprint density at radius 3 is 2.57 bits per heavy atom. The molecule has 1 aliphatic rings. The first-order valence-electron chi connectivity index (χ1n) is 8.10. The fourth-order valence-corrected chi connectivity index (χ4v) is 4.17. The quantitative estimate of drug-likeness (QED) is 0.734. The Kier molecular flexibility index (Phi) is 4.16. The van der Waals surface area contributed by atoms with Gasteiger partial charge in [-0.3, -0.25) is 9.80 Å². The zero-order chi connectivity index (χ0) is 15.6. The van der Waals surface area contributed by atoms with Crippen LogP contribution in [-0.4, -0.2) is 41.1 Å². The van der Waals surface area contributed by atoms with Crippen LogP contribution in [0.25, 0.3) is 10.1 Å². The molecule has 3 aromatic rings. The Balaban J connectivity index is 1.34. The van der Waals surface area contributed by atoms with Crippen LogP contribution in [0, 0.1) is 6.92 Å². The summed E-state index contributed by atoms with van der Waals surface area (Å²) in [5, 5.41) is 7.69. The fourth-order valence-electron chi connectivity index (χ4n) is 3.21. The summed E-state index contributed by atoms with van der Waals surface area (Å²) in [7, 11) is 0. The van der Waals surface area contributed by atoms with E-state index in [9.17, 15) is 0 Å². The molecule has 0 N–H and O–H groups in total. The molecule has 0 radical (unpaired) electrons. The Morgan fingerprint density at radius 1 is 1.09 bits per heavy atom. The molecule has 4 rings (SSSR count). The standard InChI is InChI=1S/C18H21N3OS/c1-14-10-16(22-19-14)12-21-8-6-20(7-9-21)11-15-13-23-18-5-3-2-4-17(15)18/h2-5,10,13H,6-9,11-12H2,1H3. The summed E-state index contributed by atoms with van der Waals surface area (Å²) in [6.07, 6.45) is 0. The predicted octanol–water partition coefficient (Wildman–Crippen LogP) is 3.52. The van der Waals surface area contributed by atoms with Crippen molar-refractivity contribution in [3.63, 3.8) is 0 Å². The summed E-state index contributed by atoms with van der Waals surface area (Å²) in [5.41, 5.74) is 2.42. The monoisotopic (exact) mass is 327 g/mol.